The Morgan fingerprint density at radius 1 is 1.08 bits per heavy atom. The third-order valence-electron chi connectivity index (χ3n) is 3.79. The minimum Gasteiger partial charge on any atom is -0.487 e. The number of fused-ring (bicyclic) bond motifs is 1. The van der Waals surface area contributed by atoms with E-state index in [1.165, 1.54) is 11.6 Å². The van der Waals surface area contributed by atoms with E-state index in [1.807, 2.05) is 31.2 Å². The number of aromatic amines is 1. The molecule has 1 N–H and O–H groups in total. The molecule has 0 fully saturated rings. The van der Waals surface area contributed by atoms with Crippen LogP contribution in [0.1, 0.15) is 21.5 Å². The van der Waals surface area contributed by atoms with E-state index in [0.717, 1.165) is 5.56 Å². The van der Waals surface area contributed by atoms with Crippen molar-refractivity contribution in [1.82, 2.24) is 4.98 Å². The SMILES string of the molecule is Cc1ccc(COc2ccc(C(=O)CBr)c3ccc(=O)[nH]c23)cc1. The standard InChI is InChI=1S/C19H16BrNO3/c1-12-2-4-13(5-3-12)11-24-17-8-6-14(16(22)10-20)15-7-9-18(23)21-19(15)17/h2-9H,10-11H2,1H3,(H,21,23). The van der Waals surface area contributed by atoms with Crippen LogP contribution in [0.15, 0.2) is 53.3 Å². The smallest absolute Gasteiger partial charge is 0.248 e. The van der Waals surface area contributed by atoms with Gasteiger partial charge >= 0.3 is 0 Å². The van der Waals surface area contributed by atoms with Gasteiger partial charge in [0.1, 0.15) is 12.4 Å². The normalized spacial score (nSPS) is 10.8. The molecule has 2 aromatic carbocycles. The maximum Gasteiger partial charge on any atom is 0.248 e. The predicted molar refractivity (Wildman–Crippen MR) is 98.2 cm³/mol. The van der Waals surface area contributed by atoms with Crippen LogP contribution in [0.4, 0.5) is 0 Å². The number of pyridine rings is 1. The first-order chi connectivity index (χ1) is 11.6. The van der Waals surface area contributed by atoms with Crippen LogP contribution >= 0.6 is 15.9 Å². The van der Waals surface area contributed by atoms with Gasteiger partial charge in [0.2, 0.25) is 5.56 Å². The van der Waals surface area contributed by atoms with Gasteiger partial charge in [0.05, 0.1) is 10.8 Å². The summed E-state index contributed by atoms with van der Waals surface area (Å²) in [6.45, 7) is 2.42. The fraction of sp³-hybridized carbons (Fsp3) is 0.158. The van der Waals surface area contributed by atoms with Crippen molar-refractivity contribution in [2.24, 2.45) is 0 Å². The van der Waals surface area contributed by atoms with Crippen molar-refractivity contribution in [1.29, 1.82) is 0 Å². The van der Waals surface area contributed by atoms with Gasteiger partial charge in [0.15, 0.2) is 5.78 Å². The summed E-state index contributed by atoms with van der Waals surface area (Å²) >= 11 is 3.18. The van der Waals surface area contributed by atoms with Gasteiger partial charge in [-0.15, -0.1) is 0 Å². The number of hydrogen-bond donors (Lipinski definition) is 1. The molecule has 3 aromatic rings. The summed E-state index contributed by atoms with van der Waals surface area (Å²) < 4.78 is 5.88. The van der Waals surface area contributed by atoms with Crippen molar-refractivity contribution in [3.05, 3.63) is 75.6 Å². The van der Waals surface area contributed by atoms with Gasteiger partial charge < -0.3 is 9.72 Å². The molecule has 0 saturated heterocycles. The van der Waals surface area contributed by atoms with Gasteiger partial charge in [0, 0.05) is 17.0 Å². The lowest BCUT2D eigenvalue weighted by Gasteiger charge is -2.11. The summed E-state index contributed by atoms with van der Waals surface area (Å²) in [5, 5.41) is 0.908. The number of halogens is 1. The molecule has 0 amide bonds. The summed E-state index contributed by atoms with van der Waals surface area (Å²) in [6.07, 6.45) is 0. The Morgan fingerprint density at radius 3 is 2.54 bits per heavy atom. The Labute approximate surface area is 147 Å². The highest BCUT2D eigenvalue weighted by atomic mass is 79.9. The second-order valence-electron chi connectivity index (χ2n) is 5.55. The lowest BCUT2D eigenvalue weighted by molar-refractivity contribution is 0.102. The van der Waals surface area contributed by atoms with Crippen LogP contribution < -0.4 is 10.3 Å². The van der Waals surface area contributed by atoms with Crippen LogP contribution in [0.3, 0.4) is 0 Å². The Morgan fingerprint density at radius 2 is 1.83 bits per heavy atom. The molecule has 0 bridgehead atoms. The van der Waals surface area contributed by atoms with E-state index in [9.17, 15) is 9.59 Å². The number of ether oxygens (including phenoxy) is 1. The minimum absolute atomic E-state index is 0.0443. The van der Waals surface area contributed by atoms with E-state index < -0.39 is 0 Å². The summed E-state index contributed by atoms with van der Waals surface area (Å²) in [5.41, 5.74) is 3.09. The van der Waals surface area contributed by atoms with E-state index >= 15 is 0 Å². The van der Waals surface area contributed by atoms with E-state index in [-0.39, 0.29) is 16.7 Å². The Bertz CT molecular complexity index is 945. The van der Waals surface area contributed by atoms with Crippen LogP contribution in [-0.4, -0.2) is 16.1 Å². The van der Waals surface area contributed by atoms with Gasteiger partial charge in [-0.05, 0) is 30.7 Å². The number of aromatic nitrogens is 1. The number of H-pyrrole nitrogens is 1. The summed E-state index contributed by atoms with van der Waals surface area (Å²) in [6, 6.07) is 14.6. The maximum atomic E-state index is 12.1. The van der Waals surface area contributed by atoms with E-state index in [1.54, 1.807) is 18.2 Å². The number of aryl methyl sites for hydroxylation is 1. The molecular weight excluding hydrogens is 370 g/mol. The average Bonchev–Trinajstić information content (AvgIpc) is 2.60. The number of nitrogens with one attached hydrogen (secondary N) is 1. The largest absolute Gasteiger partial charge is 0.487 e. The third-order valence-corrected chi connectivity index (χ3v) is 4.30. The van der Waals surface area contributed by atoms with Crippen LogP contribution in [0.5, 0.6) is 5.75 Å². The number of alkyl halides is 1. The van der Waals surface area contributed by atoms with Crippen molar-refractivity contribution >= 4 is 32.6 Å². The average molecular weight is 386 g/mol. The molecule has 0 radical (unpaired) electrons. The van der Waals surface area contributed by atoms with Gasteiger partial charge in [0.25, 0.3) is 0 Å². The molecule has 1 aromatic heterocycles. The number of ketones is 1. The molecule has 3 rings (SSSR count). The number of carbonyl (C=O) groups excluding carboxylic acids is 1. The molecule has 0 aliphatic rings. The highest BCUT2D eigenvalue weighted by Gasteiger charge is 2.13. The minimum atomic E-state index is -0.230. The first-order valence-corrected chi connectivity index (χ1v) is 8.64. The lowest BCUT2D eigenvalue weighted by atomic mass is 10.0. The van der Waals surface area contributed by atoms with Crippen molar-refractivity contribution in [3.63, 3.8) is 0 Å². The first-order valence-electron chi connectivity index (χ1n) is 7.52. The van der Waals surface area contributed by atoms with E-state index in [0.29, 0.717) is 28.8 Å². The van der Waals surface area contributed by atoms with E-state index in [2.05, 4.69) is 20.9 Å². The van der Waals surface area contributed by atoms with Crippen LogP contribution in [0.2, 0.25) is 0 Å². The molecule has 4 nitrogen and oxygen atoms in total. The number of benzene rings is 2. The quantitative estimate of drug-likeness (QED) is 0.533. The monoisotopic (exact) mass is 385 g/mol. The highest BCUT2D eigenvalue weighted by Crippen LogP contribution is 2.27. The zero-order chi connectivity index (χ0) is 17.1. The second kappa shape index (κ2) is 7.01. The highest BCUT2D eigenvalue weighted by molar-refractivity contribution is 9.09. The lowest BCUT2D eigenvalue weighted by Crippen LogP contribution is -2.08. The molecule has 0 spiro atoms. The number of rotatable bonds is 5. The molecule has 0 saturated carbocycles. The zero-order valence-electron chi connectivity index (χ0n) is 13.1. The fourth-order valence-corrected chi connectivity index (χ4v) is 2.81. The van der Waals surface area contributed by atoms with Gasteiger partial charge in [-0.25, -0.2) is 0 Å². The Hall–Kier alpha value is -2.40. The number of hydrogen-bond acceptors (Lipinski definition) is 3. The molecular formula is C19H16BrNO3. The molecule has 0 atom stereocenters. The van der Waals surface area contributed by atoms with Gasteiger partial charge in [-0.2, -0.15) is 0 Å². The Balaban J connectivity index is 1.98. The topological polar surface area (TPSA) is 59.2 Å². The molecule has 0 aliphatic carbocycles. The van der Waals surface area contributed by atoms with Gasteiger partial charge in [-0.1, -0.05) is 45.8 Å². The van der Waals surface area contributed by atoms with Crippen LogP contribution in [0.25, 0.3) is 10.9 Å². The van der Waals surface area contributed by atoms with Gasteiger partial charge in [-0.3, -0.25) is 9.59 Å². The van der Waals surface area contributed by atoms with Crippen LogP contribution in [-0.2, 0) is 6.61 Å². The van der Waals surface area contributed by atoms with Crippen molar-refractivity contribution in [2.45, 2.75) is 13.5 Å². The summed E-state index contributed by atoms with van der Waals surface area (Å²) in [5.74, 6) is 0.506. The summed E-state index contributed by atoms with van der Waals surface area (Å²) in [4.78, 5) is 26.5. The molecule has 122 valence electrons. The first kappa shape index (κ1) is 16.5. The molecule has 5 heteroatoms. The predicted octanol–water partition coefficient (Wildman–Crippen LogP) is 3.99. The van der Waals surface area contributed by atoms with Crippen molar-refractivity contribution in [2.75, 3.05) is 5.33 Å². The molecule has 0 aliphatic heterocycles. The van der Waals surface area contributed by atoms with Crippen LogP contribution in [0, 0.1) is 6.92 Å². The van der Waals surface area contributed by atoms with Crippen molar-refractivity contribution < 1.29 is 9.53 Å². The number of Topliss-reactive ketones (excluding diaryl/α,β-unsaturated/α-hetero) is 1. The zero-order valence-corrected chi connectivity index (χ0v) is 14.7. The Kier molecular flexibility index (Phi) is 4.81. The maximum absolute atomic E-state index is 12.1. The molecule has 0 unspecified atom stereocenters. The second-order valence-corrected chi connectivity index (χ2v) is 6.11. The van der Waals surface area contributed by atoms with E-state index in [4.69, 9.17) is 4.74 Å². The van der Waals surface area contributed by atoms with Crippen molar-refractivity contribution in [3.8, 4) is 5.75 Å². The summed E-state index contributed by atoms with van der Waals surface area (Å²) in [7, 11) is 0. The third kappa shape index (κ3) is 3.41. The molecule has 1 heterocycles. The fourth-order valence-electron chi connectivity index (χ4n) is 2.51. The number of carbonyl (C=O) groups is 1. The molecule has 24 heavy (non-hydrogen) atoms.